The lowest BCUT2D eigenvalue weighted by molar-refractivity contribution is 0.733. The zero-order valence-electron chi connectivity index (χ0n) is 6.79. The molecule has 2 unspecified atom stereocenters. The third-order valence-electron chi connectivity index (χ3n) is 1.84. The Labute approximate surface area is 76.0 Å². The van der Waals surface area contributed by atoms with Crippen molar-refractivity contribution in [2.75, 3.05) is 0 Å². The summed E-state index contributed by atoms with van der Waals surface area (Å²) in [6, 6.07) is 6.02. The maximum atomic E-state index is 4.27. The van der Waals surface area contributed by atoms with Crippen molar-refractivity contribution in [2.45, 2.75) is 24.6 Å². The first kappa shape index (κ1) is 8.72. The van der Waals surface area contributed by atoms with Crippen LogP contribution in [0.15, 0.2) is 24.4 Å². The number of alkyl halides is 1. The Kier molecular flexibility index (Phi) is 3.06. The van der Waals surface area contributed by atoms with E-state index in [1.165, 1.54) is 0 Å². The van der Waals surface area contributed by atoms with Crippen LogP contribution in [-0.2, 0) is 0 Å². The molecule has 0 N–H and O–H groups in total. The topological polar surface area (TPSA) is 12.9 Å². The van der Waals surface area contributed by atoms with Gasteiger partial charge in [0.05, 0.1) is 0 Å². The van der Waals surface area contributed by atoms with Crippen LogP contribution in [0.1, 0.15) is 25.5 Å². The molecule has 0 amide bonds. The van der Waals surface area contributed by atoms with Crippen molar-refractivity contribution < 1.29 is 0 Å². The number of halogens is 1. The number of hydrogen-bond acceptors (Lipinski definition) is 1. The summed E-state index contributed by atoms with van der Waals surface area (Å²) in [5.41, 5.74) is 1.15. The van der Waals surface area contributed by atoms with E-state index in [2.05, 4.69) is 40.8 Å². The molecule has 0 aliphatic heterocycles. The largest absolute Gasteiger partial charge is 0.261 e. The van der Waals surface area contributed by atoms with E-state index in [9.17, 15) is 0 Å². The van der Waals surface area contributed by atoms with Gasteiger partial charge in [-0.25, -0.2) is 0 Å². The highest BCUT2D eigenvalue weighted by Crippen LogP contribution is 2.21. The highest BCUT2D eigenvalue weighted by atomic mass is 79.9. The van der Waals surface area contributed by atoms with Crippen molar-refractivity contribution in [3.63, 3.8) is 0 Å². The van der Waals surface area contributed by atoms with Gasteiger partial charge in [0.2, 0.25) is 0 Å². The van der Waals surface area contributed by atoms with E-state index in [4.69, 9.17) is 0 Å². The Morgan fingerprint density at radius 3 is 2.55 bits per heavy atom. The SMILES string of the molecule is CC(Br)C(C)c1ccccn1. The lowest BCUT2D eigenvalue weighted by Gasteiger charge is -2.12. The summed E-state index contributed by atoms with van der Waals surface area (Å²) in [6.45, 7) is 4.31. The molecule has 2 heteroatoms. The first-order valence-electron chi connectivity index (χ1n) is 3.77. The average molecular weight is 214 g/mol. The molecule has 60 valence electrons. The third-order valence-corrected chi connectivity index (χ3v) is 2.64. The van der Waals surface area contributed by atoms with Crippen molar-refractivity contribution in [1.82, 2.24) is 4.98 Å². The highest BCUT2D eigenvalue weighted by Gasteiger charge is 2.10. The Morgan fingerprint density at radius 2 is 2.09 bits per heavy atom. The summed E-state index contributed by atoms with van der Waals surface area (Å²) in [4.78, 5) is 4.75. The van der Waals surface area contributed by atoms with Gasteiger partial charge in [-0.1, -0.05) is 35.8 Å². The van der Waals surface area contributed by atoms with E-state index in [1.54, 1.807) is 0 Å². The molecule has 1 aromatic heterocycles. The highest BCUT2D eigenvalue weighted by molar-refractivity contribution is 9.09. The van der Waals surface area contributed by atoms with Gasteiger partial charge < -0.3 is 0 Å². The number of hydrogen-bond donors (Lipinski definition) is 0. The third kappa shape index (κ3) is 2.29. The summed E-state index contributed by atoms with van der Waals surface area (Å²) in [7, 11) is 0. The Morgan fingerprint density at radius 1 is 1.36 bits per heavy atom. The lowest BCUT2D eigenvalue weighted by atomic mass is 10.0. The molecular formula is C9H12BrN. The first-order chi connectivity index (χ1) is 5.22. The summed E-state index contributed by atoms with van der Waals surface area (Å²) < 4.78 is 0. The fraction of sp³-hybridized carbons (Fsp3) is 0.444. The second-order valence-electron chi connectivity index (χ2n) is 2.72. The smallest absolute Gasteiger partial charge is 0.0442 e. The molecule has 1 rings (SSSR count). The van der Waals surface area contributed by atoms with Crippen LogP contribution < -0.4 is 0 Å². The van der Waals surface area contributed by atoms with E-state index >= 15 is 0 Å². The predicted molar refractivity (Wildman–Crippen MR) is 51.0 cm³/mol. The quantitative estimate of drug-likeness (QED) is 0.689. The van der Waals surface area contributed by atoms with E-state index < -0.39 is 0 Å². The molecule has 0 aromatic carbocycles. The van der Waals surface area contributed by atoms with Crippen LogP contribution in [-0.4, -0.2) is 9.81 Å². The van der Waals surface area contributed by atoms with Crippen LogP contribution in [0, 0.1) is 0 Å². The van der Waals surface area contributed by atoms with Crippen LogP contribution in [0.25, 0.3) is 0 Å². The van der Waals surface area contributed by atoms with E-state index in [0.29, 0.717) is 10.7 Å². The molecule has 0 saturated heterocycles. The monoisotopic (exact) mass is 213 g/mol. The van der Waals surface area contributed by atoms with Gasteiger partial charge in [0.15, 0.2) is 0 Å². The lowest BCUT2D eigenvalue weighted by Crippen LogP contribution is -2.05. The maximum Gasteiger partial charge on any atom is 0.0442 e. The zero-order chi connectivity index (χ0) is 8.27. The number of pyridine rings is 1. The predicted octanol–water partition coefficient (Wildman–Crippen LogP) is 2.97. The minimum absolute atomic E-state index is 0.483. The van der Waals surface area contributed by atoms with Crippen molar-refractivity contribution in [2.24, 2.45) is 0 Å². The van der Waals surface area contributed by atoms with Gasteiger partial charge in [-0.05, 0) is 12.1 Å². The van der Waals surface area contributed by atoms with E-state index in [0.717, 1.165) is 5.69 Å². The van der Waals surface area contributed by atoms with E-state index in [1.807, 2.05) is 18.3 Å². The van der Waals surface area contributed by atoms with Gasteiger partial charge in [-0.3, -0.25) is 4.98 Å². The van der Waals surface area contributed by atoms with Crippen LogP contribution in [0.3, 0.4) is 0 Å². The molecule has 0 fully saturated rings. The van der Waals surface area contributed by atoms with Gasteiger partial charge in [-0.2, -0.15) is 0 Å². The maximum absolute atomic E-state index is 4.27. The molecule has 0 bridgehead atoms. The van der Waals surface area contributed by atoms with Crippen LogP contribution in [0.4, 0.5) is 0 Å². The van der Waals surface area contributed by atoms with Crippen LogP contribution >= 0.6 is 15.9 Å². The van der Waals surface area contributed by atoms with Gasteiger partial charge in [0.1, 0.15) is 0 Å². The summed E-state index contributed by atoms with van der Waals surface area (Å²) in [6.07, 6.45) is 1.83. The fourth-order valence-electron chi connectivity index (χ4n) is 0.881. The Bertz CT molecular complexity index is 208. The molecule has 0 spiro atoms. The number of aromatic nitrogens is 1. The average Bonchev–Trinajstić information content (AvgIpc) is 2.05. The van der Waals surface area contributed by atoms with Crippen molar-refractivity contribution in [3.8, 4) is 0 Å². The van der Waals surface area contributed by atoms with Crippen LogP contribution in [0.5, 0.6) is 0 Å². The zero-order valence-corrected chi connectivity index (χ0v) is 8.38. The number of rotatable bonds is 2. The Balaban J connectivity index is 2.77. The van der Waals surface area contributed by atoms with Gasteiger partial charge in [-0.15, -0.1) is 0 Å². The van der Waals surface area contributed by atoms with Crippen molar-refractivity contribution >= 4 is 15.9 Å². The molecule has 1 aromatic rings. The van der Waals surface area contributed by atoms with Gasteiger partial charge in [0, 0.05) is 22.6 Å². The van der Waals surface area contributed by atoms with Gasteiger partial charge >= 0.3 is 0 Å². The molecular weight excluding hydrogens is 202 g/mol. The van der Waals surface area contributed by atoms with Gasteiger partial charge in [0.25, 0.3) is 0 Å². The summed E-state index contributed by atoms with van der Waals surface area (Å²) >= 11 is 3.54. The molecule has 2 atom stereocenters. The van der Waals surface area contributed by atoms with Crippen molar-refractivity contribution in [1.29, 1.82) is 0 Å². The molecule has 0 radical (unpaired) electrons. The van der Waals surface area contributed by atoms with E-state index in [-0.39, 0.29) is 0 Å². The minimum Gasteiger partial charge on any atom is -0.261 e. The minimum atomic E-state index is 0.483. The normalized spacial score (nSPS) is 15.9. The first-order valence-corrected chi connectivity index (χ1v) is 4.68. The Hall–Kier alpha value is -0.370. The molecule has 0 aliphatic carbocycles. The van der Waals surface area contributed by atoms with Crippen molar-refractivity contribution in [3.05, 3.63) is 30.1 Å². The van der Waals surface area contributed by atoms with Crippen LogP contribution in [0.2, 0.25) is 0 Å². The molecule has 1 heterocycles. The second-order valence-corrected chi connectivity index (χ2v) is 4.17. The second kappa shape index (κ2) is 3.86. The number of nitrogens with zero attached hydrogens (tertiary/aromatic N) is 1. The molecule has 0 aliphatic rings. The molecule has 1 nitrogen and oxygen atoms in total. The standard InChI is InChI=1S/C9H12BrN/c1-7(8(2)10)9-5-3-4-6-11-9/h3-8H,1-2H3. The molecule has 0 saturated carbocycles. The summed E-state index contributed by atoms with van der Waals surface area (Å²) in [5, 5.41) is 0. The summed E-state index contributed by atoms with van der Waals surface area (Å²) in [5.74, 6) is 0.483. The fourth-order valence-corrected chi connectivity index (χ4v) is 1.15. The molecule has 11 heavy (non-hydrogen) atoms.